The van der Waals surface area contributed by atoms with Crippen molar-refractivity contribution < 1.29 is 22.8 Å². The molecule has 3 rings (SSSR count). The second kappa shape index (κ2) is 10.1. The van der Waals surface area contributed by atoms with Gasteiger partial charge in [0, 0.05) is 24.8 Å². The van der Waals surface area contributed by atoms with E-state index in [1.807, 2.05) is 30.3 Å². The molecule has 0 unspecified atom stereocenters. The van der Waals surface area contributed by atoms with Gasteiger partial charge < -0.3 is 10.6 Å². The average molecular weight is 458 g/mol. The van der Waals surface area contributed by atoms with Crippen LogP contribution in [0.25, 0.3) is 5.69 Å². The van der Waals surface area contributed by atoms with Crippen LogP contribution >= 0.6 is 0 Å². The highest BCUT2D eigenvalue weighted by Gasteiger charge is 2.34. The highest BCUT2D eigenvalue weighted by molar-refractivity contribution is 5.92. The number of hydrogen-bond acceptors (Lipinski definition) is 4. The minimum absolute atomic E-state index is 0.00744. The molecule has 33 heavy (non-hydrogen) atoms. The lowest BCUT2D eigenvalue weighted by molar-refractivity contribution is -0.137. The van der Waals surface area contributed by atoms with Crippen molar-refractivity contribution in [3.05, 3.63) is 93.4 Å². The molecule has 0 saturated carbocycles. The van der Waals surface area contributed by atoms with Gasteiger partial charge in [-0.25, -0.2) is 4.68 Å². The SMILES string of the molecule is Cc1cc(=O)c(C(=O)NCCNC(=O)Cc2ccccc2)nn1-c1ccccc1C(F)(F)F. The Morgan fingerprint density at radius 2 is 1.61 bits per heavy atom. The smallest absolute Gasteiger partial charge is 0.354 e. The van der Waals surface area contributed by atoms with Gasteiger partial charge in [0.15, 0.2) is 5.69 Å². The second-order valence-electron chi connectivity index (χ2n) is 7.19. The van der Waals surface area contributed by atoms with Gasteiger partial charge in [-0.3, -0.25) is 14.4 Å². The number of hydrogen-bond donors (Lipinski definition) is 2. The number of aromatic nitrogens is 2. The van der Waals surface area contributed by atoms with Crippen molar-refractivity contribution in [2.45, 2.75) is 19.5 Å². The summed E-state index contributed by atoms with van der Waals surface area (Å²) in [6, 6.07) is 14.9. The third-order valence-electron chi connectivity index (χ3n) is 4.70. The highest BCUT2D eigenvalue weighted by atomic mass is 19.4. The van der Waals surface area contributed by atoms with Crippen LogP contribution in [-0.4, -0.2) is 34.7 Å². The summed E-state index contributed by atoms with van der Waals surface area (Å²) < 4.78 is 41.1. The minimum Gasteiger partial charge on any atom is -0.354 e. The Balaban J connectivity index is 1.68. The molecule has 0 radical (unpaired) electrons. The lowest BCUT2D eigenvalue weighted by Crippen LogP contribution is -2.38. The van der Waals surface area contributed by atoms with Crippen molar-refractivity contribution in [1.29, 1.82) is 0 Å². The Morgan fingerprint density at radius 1 is 0.970 bits per heavy atom. The van der Waals surface area contributed by atoms with Crippen molar-refractivity contribution in [2.75, 3.05) is 13.1 Å². The first-order chi connectivity index (χ1) is 15.7. The first kappa shape index (κ1) is 23.7. The van der Waals surface area contributed by atoms with Gasteiger partial charge in [0.05, 0.1) is 17.7 Å². The summed E-state index contributed by atoms with van der Waals surface area (Å²) in [7, 11) is 0. The zero-order valence-electron chi connectivity index (χ0n) is 17.6. The summed E-state index contributed by atoms with van der Waals surface area (Å²) >= 11 is 0. The molecule has 0 aliphatic carbocycles. The Morgan fingerprint density at radius 3 is 2.30 bits per heavy atom. The fourth-order valence-corrected chi connectivity index (χ4v) is 3.15. The Kier molecular flexibility index (Phi) is 7.27. The van der Waals surface area contributed by atoms with E-state index in [1.54, 1.807) is 0 Å². The van der Waals surface area contributed by atoms with Crippen LogP contribution in [0, 0.1) is 6.92 Å². The van der Waals surface area contributed by atoms with Crippen molar-refractivity contribution in [2.24, 2.45) is 0 Å². The molecule has 10 heteroatoms. The summed E-state index contributed by atoms with van der Waals surface area (Å²) in [6.45, 7) is 1.54. The van der Waals surface area contributed by atoms with Crippen molar-refractivity contribution in [3.63, 3.8) is 0 Å². The monoisotopic (exact) mass is 458 g/mol. The molecule has 0 aliphatic rings. The average Bonchev–Trinajstić information content (AvgIpc) is 2.77. The van der Waals surface area contributed by atoms with Gasteiger partial charge >= 0.3 is 6.18 Å². The number of aryl methyl sites for hydroxylation is 1. The summed E-state index contributed by atoms with van der Waals surface area (Å²) in [5, 5.41) is 8.98. The lowest BCUT2D eigenvalue weighted by atomic mass is 10.1. The van der Waals surface area contributed by atoms with Crippen LogP contribution in [-0.2, 0) is 17.4 Å². The minimum atomic E-state index is -4.64. The van der Waals surface area contributed by atoms with Crippen LogP contribution in [0.2, 0.25) is 0 Å². The van der Waals surface area contributed by atoms with Gasteiger partial charge in [0.1, 0.15) is 0 Å². The molecule has 3 aromatic rings. The van der Waals surface area contributed by atoms with E-state index in [4.69, 9.17) is 0 Å². The molecule has 0 aliphatic heterocycles. The third kappa shape index (κ3) is 6.06. The summed E-state index contributed by atoms with van der Waals surface area (Å²) in [5.74, 6) is -1.09. The van der Waals surface area contributed by atoms with Crippen LogP contribution in [0.1, 0.15) is 27.3 Å². The maximum Gasteiger partial charge on any atom is 0.418 e. The topological polar surface area (TPSA) is 93.1 Å². The maximum atomic E-state index is 13.4. The number of para-hydroxylation sites is 1. The van der Waals surface area contributed by atoms with E-state index in [2.05, 4.69) is 15.7 Å². The van der Waals surface area contributed by atoms with E-state index in [0.717, 1.165) is 22.4 Å². The second-order valence-corrected chi connectivity index (χ2v) is 7.19. The molecule has 7 nitrogen and oxygen atoms in total. The number of alkyl halides is 3. The number of nitrogens with zero attached hydrogens (tertiary/aromatic N) is 2. The van der Waals surface area contributed by atoms with Crippen LogP contribution in [0.4, 0.5) is 13.2 Å². The van der Waals surface area contributed by atoms with E-state index in [9.17, 15) is 27.6 Å². The van der Waals surface area contributed by atoms with E-state index >= 15 is 0 Å². The lowest BCUT2D eigenvalue weighted by Gasteiger charge is -2.16. The quantitative estimate of drug-likeness (QED) is 0.533. The summed E-state index contributed by atoms with van der Waals surface area (Å²) in [5.41, 5.74) is -1.54. The van der Waals surface area contributed by atoms with Crippen LogP contribution in [0.3, 0.4) is 0 Å². The number of rotatable bonds is 7. The number of amides is 2. The maximum absolute atomic E-state index is 13.4. The summed E-state index contributed by atoms with van der Waals surface area (Å²) in [6.07, 6.45) is -4.47. The number of carbonyl (C=O) groups is 2. The molecule has 2 amide bonds. The van der Waals surface area contributed by atoms with E-state index in [0.29, 0.717) is 0 Å². The highest BCUT2D eigenvalue weighted by Crippen LogP contribution is 2.33. The van der Waals surface area contributed by atoms with Crippen LogP contribution in [0.15, 0.2) is 65.5 Å². The molecule has 2 N–H and O–H groups in total. The molecule has 0 bridgehead atoms. The first-order valence-electron chi connectivity index (χ1n) is 10.0. The van der Waals surface area contributed by atoms with Crippen molar-refractivity contribution in [3.8, 4) is 5.69 Å². The standard InChI is InChI=1S/C23H21F3N4O3/c1-15-13-19(31)21(29-30(15)18-10-6-5-9-17(18)23(24,25)26)22(33)28-12-11-27-20(32)14-16-7-3-2-4-8-16/h2-10,13H,11-12,14H2,1H3,(H,27,32)(H,28,33). The Labute approximate surface area is 187 Å². The van der Waals surface area contributed by atoms with Gasteiger partial charge in [0.25, 0.3) is 5.91 Å². The van der Waals surface area contributed by atoms with Gasteiger partial charge in [0.2, 0.25) is 11.3 Å². The van der Waals surface area contributed by atoms with Crippen molar-refractivity contribution >= 4 is 11.8 Å². The fourth-order valence-electron chi connectivity index (χ4n) is 3.15. The molecule has 2 aromatic carbocycles. The molecule has 1 heterocycles. The molecule has 172 valence electrons. The Bertz CT molecular complexity index is 1210. The third-order valence-corrected chi connectivity index (χ3v) is 4.70. The molecule has 0 spiro atoms. The van der Waals surface area contributed by atoms with Crippen LogP contribution < -0.4 is 16.1 Å². The summed E-state index contributed by atoms with van der Waals surface area (Å²) in [4.78, 5) is 36.7. The van der Waals surface area contributed by atoms with Gasteiger partial charge in [-0.05, 0) is 24.6 Å². The normalized spacial score (nSPS) is 11.2. The predicted molar refractivity (Wildman–Crippen MR) is 115 cm³/mol. The molecule has 0 atom stereocenters. The predicted octanol–water partition coefficient (Wildman–Crippen LogP) is 2.65. The fraction of sp³-hybridized carbons (Fsp3) is 0.217. The molecular formula is C23H21F3N4O3. The van der Waals surface area contributed by atoms with E-state index < -0.39 is 28.8 Å². The zero-order valence-corrected chi connectivity index (χ0v) is 17.6. The number of carbonyl (C=O) groups excluding carboxylic acids is 2. The Hall–Kier alpha value is -3.95. The molecular weight excluding hydrogens is 437 g/mol. The molecule has 0 fully saturated rings. The van der Waals surface area contributed by atoms with Crippen molar-refractivity contribution in [1.82, 2.24) is 20.4 Å². The van der Waals surface area contributed by atoms with Gasteiger partial charge in [-0.15, -0.1) is 0 Å². The number of benzene rings is 2. The zero-order chi connectivity index (χ0) is 24.0. The van der Waals surface area contributed by atoms with Crippen LogP contribution in [0.5, 0.6) is 0 Å². The van der Waals surface area contributed by atoms with Gasteiger partial charge in [-0.1, -0.05) is 42.5 Å². The molecule has 1 aromatic heterocycles. The molecule has 0 saturated heterocycles. The van der Waals surface area contributed by atoms with Gasteiger partial charge in [-0.2, -0.15) is 18.3 Å². The largest absolute Gasteiger partial charge is 0.418 e. The van der Waals surface area contributed by atoms with E-state index in [1.165, 1.54) is 25.1 Å². The number of nitrogens with one attached hydrogen (secondary N) is 2. The number of halogens is 3. The van der Waals surface area contributed by atoms with E-state index in [-0.39, 0.29) is 36.8 Å². The first-order valence-corrected chi connectivity index (χ1v) is 10.0.